The van der Waals surface area contributed by atoms with E-state index in [0.29, 0.717) is 10.2 Å². The molecule has 8 heteroatoms. The first-order chi connectivity index (χ1) is 8.46. The van der Waals surface area contributed by atoms with Crippen molar-refractivity contribution in [3.05, 3.63) is 35.9 Å². The van der Waals surface area contributed by atoms with Crippen LogP contribution in [0.15, 0.2) is 30.3 Å². The molecule has 0 saturated carbocycles. The smallest absolute Gasteiger partial charge is 0.266 e. The molecular formula is C10H8N3O4S+. The van der Waals surface area contributed by atoms with Gasteiger partial charge in [-0.15, -0.1) is 0 Å². The Morgan fingerprint density at radius 3 is 2.33 bits per heavy atom. The molecule has 7 nitrogen and oxygen atoms in total. The molecule has 1 fully saturated rings. The molecule has 2 N–H and O–H groups in total. The summed E-state index contributed by atoms with van der Waals surface area (Å²) in [5, 5.41) is -1.37. The Balaban J connectivity index is 2.28. The molecule has 3 amide bonds. The fraction of sp³-hybridized carbons (Fsp3) is 0.100. The first kappa shape index (κ1) is 10.9. The molecule has 92 valence electrons. The lowest BCUT2D eigenvalue weighted by Gasteiger charge is -2.33. The van der Waals surface area contributed by atoms with Gasteiger partial charge >= 0.3 is 22.0 Å². The third kappa shape index (κ3) is 1.07. The molecular weight excluding hydrogens is 258 g/mol. The summed E-state index contributed by atoms with van der Waals surface area (Å²) in [6, 6.07) is 7.23. The summed E-state index contributed by atoms with van der Waals surface area (Å²) in [6.45, 7) is 0. The summed E-state index contributed by atoms with van der Waals surface area (Å²) in [6.07, 6.45) is 0. The molecule has 0 aliphatic carbocycles. The average Bonchev–Trinajstić information content (AvgIpc) is 2.34. The predicted molar refractivity (Wildman–Crippen MR) is 59.9 cm³/mol. The van der Waals surface area contributed by atoms with Crippen LogP contribution in [-0.4, -0.2) is 40.3 Å². The second-order valence-electron chi connectivity index (χ2n) is 3.93. The zero-order chi connectivity index (χ0) is 13.1. The fourth-order valence-corrected chi connectivity index (χ4v) is 3.71. The summed E-state index contributed by atoms with van der Waals surface area (Å²) in [4.78, 5) is 23.3. The SMILES string of the molecule is N[N+]1=C(c2ccccc2)C2C(=O)N(C1=O)S2(=O)=O. The normalized spacial score (nSPS) is 25.1. The standard InChI is InChI=1S/C10H8N3O4S/c11-12-7(6-4-2-1-3-5-6)8-9(14)13(10(12)15)18(8,16)17/h1-5,8H,11H2/q+1. The van der Waals surface area contributed by atoms with Crippen LogP contribution < -0.4 is 5.84 Å². The van der Waals surface area contributed by atoms with Gasteiger partial charge in [0, 0.05) is 5.56 Å². The van der Waals surface area contributed by atoms with Crippen LogP contribution in [-0.2, 0) is 14.8 Å². The van der Waals surface area contributed by atoms with Gasteiger partial charge in [-0.2, -0.15) is 13.2 Å². The van der Waals surface area contributed by atoms with E-state index in [9.17, 15) is 18.0 Å². The van der Waals surface area contributed by atoms with Gasteiger partial charge in [-0.25, -0.2) is 4.79 Å². The molecule has 0 spiro atoms. The quantitative estimate of drug-likeness (QED) is 0.400. The zero-order valence-electron chi connectivity index (χ0n) is 8.98. The number of hydrogen-bond donors (Lipinski definition) is 1. The van der Waals surface area contributed by atoms with Crippen LogP contribution in [0.1, 0.15) is 5.56 Å². The number of hydrazone groups is 1. The average molecular weight is 266 g/mol. The highest BCUT2D eigenvalue weighted by Gasteiger charge is 2.72. The highest BCUT2D eigenvalue weighted by molar-refractivity contribution is 7.95. The molecule has 4 rings (SSSR count). The number of hydrazine groups is 1. The summed E-state index contributed by atoms with van der Waals surface area (Å²) < 4.78 is 24.4. The number of carbonyl (C=O) groups is 2. The predicted octanol–water partition coefficient (Wildman–Crippen LogP) is -0.964. The van der Waals surface area contributed by atoms with E-state index in [0.717, 1.165) is 0 Å². The van der Waals surface area contributed by atoms with E-state index < -0.39 is 27.2 Å². The van der Waals surface area contributed by atoms with Crippen molar-refractivity contribution in [2.45, 2.75) is 5.25 Å². The first-order valence-corrected chi connectivity index (χ1v) is 6.55. The maximum absolute atomic E-state index is 11.8. The summed E-state index contributed by atoms with van der Waals surface area (Å²) in [5.74, 6) is 4.80. The minimum atomic E-state index is -3.92. The molecule has 3 aliphatic heterocycles. The topological polar surface area (TPSA) is 101 Å². The number of nitrogens with two attached hydrogens (primary N) is 1. The Labute approximate surface area is 102 Å². The van der Waals surface area contributed by atoms with E-state index in [1.807, 2.05) is 0 Å². The van der Waals surface area contributed by atoms with Gasteiger partial charge in [0.1, 0.15) is 0 Å². The van der Waals surface area contributed by atoms with Crippen molar-refractivity contribution in [2.24, 2.45) is 5.84 Å². The molecule has 0 radical (unpaired) electrons. The van der Waals surface area contributed by atoms with E-state index >= 15 is 0 Å². The second kappa shape index (κ2) is 3.16. The Morgan fingerprint density at radius 1 is 1.17 bits per heavy atom. The highest BCUT2D eigenvalue weighted by Crippen LogP contribution is 2.31. The number of carbonyl (C=O) groups excluding carboxylic acids is 2. The number of sulfonamides is 1. The van der Waals surface area contributed by atoms with Crippen molar-refractivity contribution in [2.75, 3.05) is 0 Å². The van der Waals surface area contributed by atoms with Crippen LogP contribution in [0.25, 0.3) is 0 Å². The molecule has 18 heavy (non-hydrogen) atoms. The number of urea groups is 1. The van der Waals surface area contributed by atoms with Gasteiger partial charge in [-0.05, 0) is 4.31 Å². The summed E-state index contributed by atoms with van der Waals surface area (Å²) in [5.41, 5.74) is 0.447. The molecule has 0 aromatic heterocycles. The van der Waals surface area contributed by atoms with E-state index in [2.05, 4.69) is 0 Å². The number of hydrogen-bond acceptors (Lipinski definition) is 5. The maximum atomic E-state index is 11.8. The van der Waals surface area contributed by atoms with Crippen molar-refractivity contribution in [1.29, 1.82) is 0 Å². The minimum absolute atomic E-state index is 0.00750. The lowest BCUT2D eigenvalue weighted by molar-refractivity contribution is -0.448. The fourth-order valence-electron chi connectivity index (χ4n) is 2.10. The van der Waals surface area contributed by atoms with Gasteiger partial charge in [0.15, 0.2) is 5.71 Å². The van der Waals surface area contributed by atoms with Gasteiger partial charge in [-0.1, -0.05) is 35.0 Å². The first-order valence-electron chi connectivity index (χ1n) is 5.05. The van der Waals surface area contributed by atoms with E-state index in [1.54, 1.807) is 30.3 Å². The van der Waals surface area contributed by atoms with Crippen molar-refractivity contribution in [3.63, 3.8) is 0 Å². The van der Waals surface area contributed by atoms with Crippen LogP contribution in [0.2, 0.25) is 0 Å². The van der Waals surface area contributed by atoms with Gasteiger partial charge in [0.2, 0.25) is 0 Å². The van der Waals surface area contributed by atoms with Crippen molar-refractivity contribution in [1.82, 2.24) is 4.31 Å². The monoisotopic (exact) mass is 266 g/mol. The van der Waals surface area contributed by atoms with Crippen LogP contribution in [0.3, 0.4) is 0 Å². The van der Waals surface area contributed by atoms with Crippen molar-refractivity contribution >= 4 is 27.7 Å². The van der Waals surface area contributed by atoms with E-state index in [1.165, 1.54) is 0 Å². The number of fused-ring (bicyclic) bond motifs is 1. The summed E-state index contributed by atoms with van der Waals surface area (Å²) >= 11 is 0. The molecule has 1 aromatic carbocycles. The zero-order valence-corrected chi connectivity index (χ0v) is 9.79. The number of rotatable bonds is 1. The van der Waals surface area contributed by atoms with Crippen LogP contribution in [0.4, 0.5) is 4.79 Å². The van der Waals surface area contributed by atoms with Crippen molar-refractivity contribution < 1.29 is 22.7 Å². The molecule has 1 saturated heterocycles. The summed E-state index contributed by atoms with van der Waals surface area (Å²) in [7, 11) is -3.92. The Morgan fingerprint density at radius 2 is 1.78 bits per heavy atom. The third-order valence-electron chi connectivity index (χ3n) is 2.93. The molecule has 1 aromatic rings. The van der Waals surface area contributed by atoms with Crippen LogP contribution in [0.5, 0.6) is 0 Å². The largest absolute Gasteiger partial charge is 0.540 e. The Bertz CT molecular complexity index is 708. The van der Waals surface area contributed by atoms with Crippen LogP contribution >= 0.6 is 0 Å². The third-order valence-corrected chi connectivity index (χ3v) is 4.80. The lowest BCUT2D eigenvalue weighted by atomic mass is 10.1. The maximum Gasteiger partial charge on any atom is 0.540 e. The minimum Gasteiger partial charge on any atom is -0.266 e. The van der Waals surface area contributed by atoms with Crippen LogP contribution in [0, 0.1) is 0 Å². The second-order valence-corrected chi connectivity index (χ2v) is 5.80. The highest BCUT2D eigenvalue weighted by atomic mass is 32.2. The number of imide groups is 1. The number of nitrogens with zero attached hydrogens (tertiary/aromatic N) is 2. The van der Waals surface area contributed by atoms with Gasteiger partial charge < -0.3 is 0 Å². The molecule has 1 atom stereocenters. The molecule has 2 bridgehead atoms. The van der Waals surface area contributed by atoms with Gasteiger partial charge in [0.25, 0.3) is 5.25 Å². The van der Waals surface area contributed by atoms with E-state index in [-0.39, 0.29) is 10.0 Å². The van der Waals surface area contributed by atoms with Gasteiger partial charge in [-0.3, -0.25) is 5.84 Å². The van der Waals surface area contributed by atoms with Crippen molar-refractivity contribution in [3.8, 4) is 0 Å². The van der Waals surface area contributed by atoms with Gasteiger partial charge in [0.05, 0.1) is 0 Å². The molecule has 3 aliphatic rings. The Kier molecular flexibility index (Phi) is 1.92. The Hall–Kier alpha value is -2.22. The van der Waals surface area contributed by atoms with E-state index in [4.69, 9.17) is 5.84 Å². The number of amides is 3. The molecule has 3 heterocycles. The lowest BCUT2D eigenvalue weighted by Crippen LogP contribution is -2.74. The number of benzene rings is 1. The molecule has 1 unspecified atom stereocenters.